The summed E-state index contributed by atoms with van der Waals surface area (Å²) < 4.78 is 0. The lowest BCUT2D eigenvalue weighted by Gasteiger charge is -2.31. The number of hydrogen-bond acceptors (Lipinski definition) is 4. The molecule has 0 saturated heterocycles. The van der Waals surface area contributed by atoms with E-state index in [1.165, 1.54) is 22.3 Å². The minimum Gasteiger partial charge on any atom is -0.310 e. The third-order valence-corrected chi connectivity index (χ3v) is 15.8. The van der Waals surface area contributed by atoms with E-state index >= 15 is 0 Å². The Morgan fingerprint density at radius 2 is 0.506 bits per heavy atom. The average Bonchev–Trinajstić information content (AvgIpc) is 3.89. The molecular weight excluding hydrogens is 1000 g/mol. The Morgan fingerprint density at radius 1 is 0.265 bits per heavy atom. The number of hydrogen-bond donors (Lipinski definition) is 0. The molecule has 0 amide bonds. The Bertz CT molecular complexity index is 3770. The summed E-state index contributed by atoms with van der Waals surface area (Å²) in [7, 11) is 0. The lowest BCUT2D eigenvalue weighted by atomic mass is 9.81. The van der Waals surface area contributed by atoms with Crippen molar-refractivity contribution in [2.45, 2.75) is 19.3 Å². The van der Waals surface area contributed by atoms with Crippen LogP contribution in [0, 0.1) is 0 Å². The zero-order chi connectivity index (χ0) is 56.0. The van der Waals surface area contributed by atoms with Gasteiger partial charge in [-0.3, -0.25) is 0 Å². The number of benzene rings is 12. The second-order valence-corrected chi connectivity index (χ2v) is 21.3. The molecule has 0 heterocycles. The van der Waals surface area contributed by atoms with Crippen molar-refractivity contribution in [2.24, 2.45) is 0 Å². The molecule has 0 saturated carbocycles. The van der Waals surface area contributed by atoms with E-state index in [1.807, 2.05) is 0 Å². The first-order valence-corrected chi connectivity index (χ1v) is 28.5. The molecule has 0 aromatic heterocycles. The van der Waals surface area contributed by atoms with E-state index in [0.717, 1.165) is 90.5 Å². The summed E-state index contributed by atoms with van der Waals surface area (Å²) in [5.41, 5.74) is 21.9. The average molecular weight is 1070 g/mol. The molecule has 0 atom stereocenters. The van der Waals surface area contributed by atoms with Gasteiger partial charge in [0, 0.05) is 62.0 Å². The molecule has 398 valence electrons. The molecule has 0 N–H and O–H groups in total. The van der Waals surface area contributed by atoms with Crippen molar-refractivity contribution in [3.63, 3.8) is 0 Å². The van der Waals surface area contributed by atoms with Crippen molar-refractivity contribution in [3.8, 4) is 11.1 Å². The fraction of sp³-hybridized carbons (Fsp3) is 0.0380. The summed E-state index contributed by atoms with van der Waals surface area (Å²) in [6.45, 7) is 4.80. The highest BCUT2D eigenvalue weighted by Crippen LogP contribution is 2.52. The van der Waals surface area contributed by atoms with Crippen LogP contribution in [0.2, 0.25) is 0 Å². The van der Waals surface area contributed by atoms with Crippen molar-refractivity contribution >= 4 is 80.4 Å². The second kappa shape index (κ2) is 23.2. The van der Waals surface area contributed by atoms with Gasteiger partial charge in [-0.15, -0.1) is 0 Å². The highest BCUT2D eigenvalue weighted by molar-refractivity contribution is 6.01. The Morgan fingerprint density at radius 3 is 0.783 bits per heavy atom. The fourth-order valence-corrected chi connectivity index (χ4v) is 11.9. The van der Waals surface area contributed by atoms with E-state index < -0.39 is 5.41 Å². The normalized spacial score (nSPS) is 12.5. The van der Waals surface area contributed by atoms with Gasteiger partial charge in [0.15, 0.2) is 0 Å². The van der Waals surface area contributed by atoms with E-state index in [1.54, 1.807) is 0 Å². The van der Waals surface area contributed by atoms with Gasteiger partial charge in [0.1, 0.15) is 0 Å². The molecule has 4 nitrogen and oxygen atoms in total. The SMILES string of the molecule is CC1(C)c2cc(C(=Cc3ccccc3N(c3ccccc3)c3ccccc3)N(c3ccccc3)c3ccccc3)ccc2-c2ccc(C(=Cc3ccccc3N(c3ccccc3)c3ccccc3)N(c3ccccc3)c3ccccc3)cc21. The van der Waals surface area contributed by atoms with Gasteiger partial charge in [0.05, 0.1) is 22.8 Å². The van der Waals surface area contributed by atoms with E-state index in [9.17, 15) is 0 Å². The molecule has 0 aliphatic heterocycles. The van der Waals surface area contributed by atoms with Gasteiger partial charge in [-0.05, 0) is 167 Å². The van der Waals surface area contributed by atoms with Gasteiger partial charge in [-0.2, -0.15) is 0 Å². The fourth-order valence-electron chi connectivity index (χ4n) is 11.9. The first-order chi connectivity index (χ1) is 41.0. The molecule has 1 aliphatic rings. The van der Waals surface area contributed by atoms with Crippen LogP contribution < -0.4 is 19.6 Å². The predicted octanol–water partition coefficient (Wildman–Crippen LogP) is 21.6. The van der Waals surface area contributed by atoms with Gasteiger partial charge in [-0.1, -0.05) is 220 Å². The Kier molecular flexibility index (Phi) is 14.5. The standard InChI is InChI=1S/C79H62N4/c1-79(2)73-55-61(77(82(67-41-19-7-20-42-67)68-43-21-8-22-44-68)57-59-31-27-29-49-75(59)80(63-33-11-3-12-34-63)64-35-13-4-14-36-64)51-53-71(73)72-54-52-62(56-74(72)79)78(83(69-45-23-9-24-46-69)70-47-25-10-26-48-70)58-60-32-28-30-50-76(60)81(65-37-15-5-16-38-65)66-39-17-6-18-40-66/h3-58H,1-2H3. The predicted molar refractivity (Wildman–Crippen MR) is 352 cm³/mol. The third kappa shape index (κ3) is 10.4. The summed E-state index contributed by atoms with van der Waals surface area (Å²) in [6.07, 6.45) is 4.77. The van der Waals surface area contributed by atoms with Crippen LogP contribution in [0.25, 0.3) is 34.7 Å². The molecule has 13 rings (SSSR count). The largest absolute Gasteiger partial charge is 0.310 e. The second-order valence-electron chi connectivity index (χ2n) is 21.3. The van der Waals surface area contributed by atoms with Crippen LogP contribution >= 0.6 is 0 Å². The van der Waals surface area contributed by atoms with Crippen molar-refractivity contribution in [1.29, 1.82) is 0 Å². The summed E-state index contributed by atoms with van der Waals surface area (Å²) >= 11 is 0. The van der Waals surface area contributed by atoms with E-state index in [2.05, 4.69) is 373 Å². The quantitative estimate of drug-likeness (QED) is 0.0894. The molecule has 12 aromatic rings. The number of nitrogens with zero attached hydrogens (tertiary/aromatic N) is 4. The van der Waals surface area contributed by atoms with Gasteiger partial charge in [0.25, 0.3) is 0 Å². The van der Waals surface area contributed by atoms with Crippen molar-refractivity contribution in [1.82, 2.24) is 0 Å². The van der Waals surface area contributed by atoms with Crippen LogP contribution in [0.3, 0.4) is 0 Å². The minimum atomic E-state index is -0.397. The molecule has 83 heavy (non-hydrogen) atoms. The van der Waals surface area contributed by atoms with Gasteiger partial charge >= 0.3 is 0 Å². The molecule has 1 aliphatic carbocycles. The molecular formula is C79H62N4. The zero-order valence-electron chi connectivity index (χ0n) is 46.6. The van der Waals surface area contributed by atoms with Crippen molar-refractivity contribution < 1.29 is 0 Å². The van der Waals surface area contributed by atoms with E-state index in [0.29, 0.717) is 0 Å². The maximum Gasteiger partial charge on any atom is 0.0540 e. The summed E-state index contributed by atoms with van der Waals surface area (Å²) in [5, 5.41) is 0. The monoisotopic (exact) mass is 1070 g/mol. The third-order valence-electron chi connectivity index (χ3n) is 15.8. The molecule has 0 radical (unpaired) electrons. The zero-order valence-corrected chi connectivity index (χ0v) is 46.6. The number of fused-ring (bicyclic) bond motifs is 3. The number of anilines is 10. The molecule has 12 aromatic carbocycles. The van der Waals surface area contributed by atoms with Crippen molar-refractivity contribution in [2.75, 3.05) is 19.6 Å². The molecule has 0 spiro atoms. The van der Waals surface area contributed by atoms with Gasteiger partial charge < -0.3 is 19.6 Å². The Labute approximate surface area is 488 Å². The van der Waals surface area contributed by atoms with Gasteiger partial charge in [-0.25, -0.2) is 0 Å². The summed E-state index contributed by atoms with van der Waals surface area (Å²) in [4.78, 5) is 9.54. The summed E-state index contributed by atoms with van der Waals surface area (Å²) in [6, 6.07) is 118. The molecule has 0 bridgehead atoms. The van der Waals surface area contributed by atoms with Crippen LogP contribution in [-0.4, -0.2) is 0 Å². The highest BCUT2D eigenvalue weighted by Gasteiger charge is 2.37. The smallest absolute Gasteiger partial charge is 0.0540 e. The minimum absolute atomic E-state index is 0.397. The van der Waals surface area contributed by atoms with E-state index in [-0.39, 0.29) is 0 Å². The maximum atomic E-state index is 2.46. The topological polar surface area (TPSA) is 13.0 Å². The first-order valence-electron chi connectivity index (χ1n) is 28.5. The summed E-state index contributed by atoms with van der Waals surface area (Å²) in [5.74, 6) is 0. The molecule has 4 heteroatoms. The lowest BCUT2D eigenvalue weighted by Crippen LogP contribution is -2.19. The van der Waals surface area contributed by atoms with Crippen LogP contribution in [-0.2, 0) is 5.41 Å². The Balaban J connectivity index is 0.988. The van der Waals surface area contributed by atoms with Crippen LogP contribution in [0.1, 0.15) is 47.2 Å². The highest BCUT2D eigenvalue weighted by atomic mass is 15.2. The molecule has 0 fully saturated rings. The van der Waals surface area contributed by atoms with Crippen molar-refractivity contribution in [3.05, 3.63) is 361 Å². The number of para-hydroxylation sites is 10. The first kappa shape index (κ1) is 51.7. The van der Waals surface area contributed by atoms with Crippen LogP contribution in [0.4, 0.5) is 56.9 Å². The lowest BCUT2D eigenvalue weighted by molar-refractivity contribution is 0.660. The Hall–Kier alpha value is -10.7. The van der Waals surface area contributed by atoms with Crippen LogP contribution in [0.5, 0.6) is 0 Å². The van der Waals surface area contributed by atoms with Gasteiger partial charge in [0.2, 0.25) is 0 Å². The van der Waals surface area contributed by atoms with E-state index in [4.69, 9.17) is 0 Å². The molecule has 0 unspecified atom stereocenters. The number of rotatable bonds is 16. The maximum absolute atomic E-state index is 2.46. The van der Waals surface area contributed by atoms with Crippen LogP contribution in [0.15, 0.2) is 328 Å².